The number of furan rings is 1. The summed E-state index contributed by atoms with van der Waals surface area (Å²) in [4.78, 5) is 0. The van der Waals surface area contributed by atoms with Crippen molar-refractivity contribution in [3.63, 3.8) is 0 Å². The number of hydrogen-bond acceptors (Lipinski definition) is 5. The van der Waals surface area contributed by atoms with Gasteiger partial charge in [0.1, 0.15) is 11.5 Å². The summed E-state index contributed by atoms with van der Waals surface area (Å²) in [6, 6.07) is 9.45. The number of rotatable bonds is 4. The third-order valence-electron chi connectivity index (χ3n) is 2.90. The summed E-state index contributed by atoms with van der Waals surface area (Å²) in [5.41, 5.74) is 0.853. The number of anilines is 1. The van der Waals surface area contributed by atoms with Crippen molar-refractivity contribution in [2.75, 3.05) is 5.32 Å². The van der Waals surface area contributed by atoms with Gasteiger partial charge in [-0.2, -0.15) is 0 Å². The van der Waals surface area contributed by atoms with E-state index in [0.717, 1.165) is 21.6 Å². The third-order valence-corrected chi connectivity index (χ3v) is 3.71. The largest absolute Gasteiger partial charge is 0.459 e. The van der Waals surface area contributed by atoms with Gasteiger partial charge in [0.15, 0.2) is 0 Å². The Labute approximate surface area is 134 Å². The van der Waals surface area contributed by atoms with Crippen LogP contribution in [0.1, 0.15) is 5.76 Å². The van der Waals surface area contributed by atoms with Crippen molar-refractivity contribution in [3.8, 4) is 11.3 Å². The van der Waals surface area contributed by atoms with Gasteiger partial charge in [0.05, 0.1) is 11.6 Å². The highest BCUT2D eigenvalue weighted by Crippen LogP contribution is 2.31. The average molecular weight is 369 g/mol. The van der Waals surface area contributed by atoms with E-state index in [-0.39, 0.29) is 0 Å². The second-order valence-electron chi connectivity index (χ2n) is 4.37. The van der Waals surface area contributed by atoms with E-state index in [1.807, 2.05) is 30.3 Å². The van der Waals surface area contributed by atoms with Crippen LogP contribution in [0.2, 0.25) is 5.02 Å². The number of hydrogen-bond donors (Lipinski definition) is 1. The molecule has 8 heteroatoms. The van der Waals surface area contributed by atoms with Crippen molar-refractivity contribution >= 4 is 33.5 Å². The Kier molecular flexibility index (Phi) is 3.94. The predicted octanol–water partition coefficient (Wildman–Crippen LogP) is 3.50. The Morgan fingerprint density at radius 1 is 1.33 bits per heavy atom. The number of tetrazole rings is 1. The molecule has 0 radical (unpaired) electrons. The topological polar surface area (TPSA) is 68.8 Å². The number of nitrogens with one attached hydrogen (secondary N) is 1. The molecule has 0 bridgehead atoms. The van der Waals surface area contributed by atoms with Gasteiger partial charge < -0.3 is 9.73 Å². The predicted molar refractivity (Wildman–Crippen MR) is 83.0 cm³/mol. The molecule has 0 aliphatic rings. The Bertz CT molecular complexity index is 770. The number of nitrogens with zero attached hydrogens (tertiary/aromatic N) is 4. The lowest BCUT2D eigenvalue weighted by Crippen LogP contribution is -2.04. The summed E-state index contributed by atoms with van der Waals surface area (Å²) in [5, 5.41) is 14.9. The molecule has 3 aromatic rings. The molecule has 2 aromatic heterocycles. The van der Waals surface area contributed by atoms with Crippen LogP contribution in [0.5, 0.6) is 0 Å². The molecule has 108 valence electrons. The van der Waals surface area contributed by atoms with Gasteiger partial charge in [0.2, 0.25) is 5.95 Å². The second kappa shape index (κ2) is 5.87. The highest BCUT2D eigenvalue weighted by Gasteiger charge is 2.10. The Morgan fingerprint density at radius 2 is 2.19 bits per heavy atom. The Morgan fingerprint density at radius 3 is 2.90 bits per heavy atom. The fraction of sp³-hybridized carbons (Fsp3) is 0.154. The Balaban J connectivity index is 1.75. The van der Waals surface area contributed by atoms with Crippen LogP contribution in [-0.4, -0.2) is 20.2 Å². The minimum atomic E-state index is 0.488. The second-order valence-corrected chi connectivity index (χ2v) is 5.69. The molecule has 0 amide bonds. The van der Waals surface area contributed by atoms with Crippen molar-refractivity contribution in [1.82, 2.24) is 20.2 Å². The molecule has 0 saturated carbocycles. The Hall–Kier alpha value is -1.86. The van der Waals surface area contributed by atoms with Gasteiger partial charge in [-0.1, -0.05) is 32.6 Å². The van der Waals surface area contributed by atoms with E-state index in [1.165, 1.54) is 0 Å². The molecular weight excluding hydrogens is 358 g/mol. The number of aromatic nitrogens is 4. The minimum Gasteiger partial charge on any atom is -0.459 e. The van der Waals surface area contributed by atoms with Crippen molar-refractivity contribution in [2.45, 2.75) is 6.54 Å². The minimum absolute atomic E-state index is 0.488. The maximum absolute atomic E-state index is 6.22. The lowest BCUT2D eigenvalue weighted by atomic mass is 10.2. The molecule has 0 unspecified atom stereocenters. The van der Waals surface area contributed by atoms with Crippen molar-refractivity contribution in [1.29, 1.82) is 0 Å². The highest BCUT2D eigenvalue weighted by molar-refractivity contribution is 9.10. The normalized spacial score (nSPS) is 10.8. The molecule has 0 saturated heterocycles. The van der Waals surface area contributed by atoms with Crippen LogP contribution in [0.4, 0.5) is 5.95 Å². The first-order valence-electron chi connectivity index (χ1n) is 6.14. The summed E-state index contributed by atoms with van der Waals surface area (Å²) in [6.45, 7) is 0.488. The van der Waals surface area contributed by atoms with Gasteiger partial charge in [-0.25, -0.2) is 4.68 Å². The van der Waals surface area contributed by atoms with Crippen LogP contribution in [0.15, 0.2) is 39.2 Å². The molecule has 21 heavy (non-hydrogen) atoms. The molecule has 3 rings (SSSR count). The first kappa shape index (κ1) is 14.1. The van der Waals surface area contributed by atoms with Crippen LogP contribution in [-0.2, 0) is 13.6 Å². The summed E-state index contributed by atoms with van der Waals surface area (Å²) in [6.07, 6.45) is 0. The van der Waals surface area contributed by atoms with Crippen LogP contribution in [0, 0.1) is 0 Å². The summed E-state index contributed by atoms with van der Waals surface area (Å²) >= 11 is 9.60. The molecule has 0 aliphatic heterocycles. The van der Waals surface area contributed by atoms with Gasteiger partial charge in [-0.15, -0.1) is 0 Å². The van der Waals surface area contributed by atoms with Crippen LogP contribution in [0.25, 0.3) is 11.3 Å². The molecule has 0 atom stereocenters. The fourth-order valence-electron chi connectivity index (χ4n) is 1.85. The van der Waals surface area contributed by atoms with E-state index in [4.69, 9.17) is 16.0 Å². The van der Waals surface area contributed by atoms with Crippen molar-refractivity contribution < 1.29 is 4.42 Å². The molecule has 1 N–H and O–H groups in total. The third kappa shape index (κ3) is 3.08. The highest BCUT2D eigenvalue weighted by atomic mass is 79.9. The molecule has 0 fully saturated rings. The molecule has 0 spiro atoms. The molecule has 6 nitrogen and oxygen atoms in total. The summed E-state index contributed by atoms with van der Waals surface area (Å²) in [7, 11) is 1.76. The first-order valence-corrected chi connectivity index (χ1v) is 7.31. The summed E-state index contributed by atoms with van der Waals surface area (Å²) < 4.78 is 8.27. The number of benzene rings is 1. The molecule has 1 aromatic carbocycles. The molecule has 2 heterocycles. The van der Waals surface area contributed by atoms with E-state index in [0.29, 0.717) is 17.5 Å². The quantitative estimate of drug-likeness (QED) is 0.763. The average Bonchev–Trinajstić information content (AvgIpc) is 3.05. The van der Waals surface area contributed by atoms with Crippen LogP contribution < -0.4 is 5.32 Å². The van der Waals surface area contributed by atoms with Gasteiger partial charge >= 0.3 is 0 Å². The zero-order chi connectivity index (χ0) is 14.8. The van der Waals surface area contributed by atoms with Crippen molar-refractivity contribution in [2.24, 2.45) is 7.05 Å². The van der Waals surface area contributed by atoms with Crippen LogP contribution in [0.3, 0.4) is 0 Å². The number of aryl methyl sites for hydroxylation is 1. The smallest absolute Gasteiger partial charge is 0.243 e. The van der Waals surface area contributed by atoms with Gasteiger partial charge in [-0.3, -0.25) is 0 Å². The first-order chi connectivity index (χ1) is 10.1. The van der Waals surface area contributed by atoms with E-state index >= 15 is 0 Å². The lowest BCUT2D eigenvalue weighted by Gasteiger charge is -2.03. The number of halogens is 2. The van der Waals surface area contributed by atoms with Crippen LogP contribution >= 0.6 is 27.5 Å². The zero-order valence-corrected chi connectivity index (χ0v) is 13.4. The zero-order valence-electron chi connectivity index (χ0n) is 11.0. The van der Waals surface area contributed by atoms with Gasteiger partial charge in [0, 0.05) is 17.1 Å². The SMILES string of the molecule is Cn1nnnc1NCc1ccc(-c2ccc(Br)cc2Cl)o1. The van der Waals surface area contributed by atoms with Gasteiger partial charge in [0.25, 0.3) is 0 Å². The van der Waals surface area contributed by atoms with E-state index in [1.54, 1.807) is 11.7 Å². The fourth-order valence-corrected chi connectivity index (χ4v) is 2.62. The maximum atomic E-state index is 6.22. The molecular formula is C13H11BrClN5O. The van der Waals surface area contributed by atoms with Gasteiger partial charge in [-0.05, 0) is 40.8 Å². The van der Waals surface area contributed by atoms with E-state index in [2.05, 4.69) is 36.8 Å². The lowest BCUT2D eigenvalue weighted by molar-refractivity contribution is 0.530. The standard InChI is InChI=1S/C13H11BrClN5O/c1-20-13(17-18-19-20)16-7-9-3-5-12(21-9)10-4-2-8(14)6-11(10)15/h2-6H,7H2,1H3,(H,16,17,19). The van der Waals surface area contributed by atoms with E-state index in [9.17, 15) is 0 Å². The summed E-state index contributed by atoms with van der Waals surface area (Å²) in [5.74, 6) is 2.07. The maximum Gasteiger partial charge on any atom is 0.243 e. The van der Waals surface area contributed by atoms with Crippen molar-refractivity contribution in [3.05, 3.63) is 45.6 Å². The van der Waals surface area contributed by atoms with E-state index < -0.39 is 0 Å². The monoisotopic (exact) mass is 367 g/mol. The molecule has 0 aliphatic carbocycles.